The molecule has 290 valence electrons. The van der Waals surface area contributed by atoms with Gasteiger partial charge in [0.2, 0.25) is 0 Å². The molecule has 6 unspecified atom stereocenters. The van der Waals surface area contributed by atoms with Crippen molar-refractivity contribution >= 4 is 58.5 Å². The number of aromatic hydroxyl groups is 1. The van der Waals surface area contributed by atoms with Gasteiger partial charge in [0.25, 0.3) is 23.6 Å². The van der Waals surface area contributed by atoms with Crippen LogP contribution in [0.3, 0.4) is 0 Å². The van der Waals surface area contributed by atoms with Crippen LogP contribution in [0.1, 0.15) is 35.7 Å². The van der Waals surface area contributed by atoms with E-state index in [0.717, 1.165) is 36.2 Å². The Balaban J connectivity index is 1.31. The number of pyridine rings is 2. The molecule has 3 fully saturated rings. The van der Waals surface area contributed by atoms with Gasteiger partial charge in [-0.3, -0.25) is 29.2 Å². The molecule has 3 aromatic rings. The van der Waals surface area contributed by atoms with Crippen LogP contribution in [-0.4, -0.2) is 69.9 Å². The van der Waals surface area contributed by atoms with Gasteiger partial charge in [-0.15, -0.1) is 0 Å². The monoisotopic (exact) mass is 812 g/mol. The molecule has 0 bridgehead atoms. The first-order valence-corrected chi connectivity index (χ1v) is 17.3. The van der Waals surface area contributed by atoms with Gasteiger partial charge in [0.1, 0.15) is 11.4 Å². The highest BCUT2D eigenvalue weighted by molar-refractivity contribution is 6.33. The smallest absolute Gasteiger partial charge is 0.433 e. The molecule has 0 radical (unpaired) electrons. The van der Waals surface area contributed by atoms with Gasteiger partial charge < -0.3 is 9.84 Å². The van der Waals surface area contributed by atoms with Crippen LogP contribution in [0, 0.1) is 29.6 Å². The number of halogens is 8. The number of carbonyl (C=O) groups is 4. The molecule has 1 aromatic carbocycles. The van der Waals surface area contributed by atoms with E-state index in [1.54, 1.807) is 6.08 Å². The predicted molar refractivity (Wildman–Crippen MR) is 181 cm³/mol. The molecule has 1 N–H and O–H groups in total. The summed E-state index contributed by atoms with van der Waals surface area (Å²) < 4.78 is 87.0. The second-order valence-corrected chi connectivity index (χ2v) is 14.3. The average molecular weight is 814 g/mol. The van der Waals surface area contributed by atoms with Gasteiger partial charge in [-0.25, -0.2) is 9.97 Å². The van der Waals surface area contributed by atoms with Crippen LogP contribution in [0.5, 0.6) is 11.5 Å². The summed E-state index contributed by atoms with van der Waals surface area (Å²) in [7, 11) is 3.59. The molecule has 2 aliphatic heterocycles. The minimum Gasteiger partial charge on any atom is -0.504 e. The highest BCUT2D eigenvalue weighted by Gasteiger charge is 2.63. The summed E-state index contributed by atoms with van der Waals surface area (Å²) in [6.07, 6.45) is -8.39. The average Bonchev–Trinajstić information content (AvgIpc) is 3.53. The number of methoxy groups -OCH3 is 1. The molecule has 2 aromatic heterocycles. The number of aromatic nitrogens is 2. The lowest BCUT2D eigenvalue weighted by molar-refractivity contribution is -0.143. The minimum absolute atomic E-state index is 0.0153. The molecule has 7 rings (SSSR count). The van der Waals surface area contributed by atoms with Crippen molar-refractivity contribution in [2.75, 3.05) is 31.2 Å². The third kappa shape index (κ3) is 6.00. The van der Waals surface area contributed by atoms with Crippen LogP contribution in [0.15, 0.2) is 54.1 Å². The molecule has 6 atom stereocenters. The van der Waals surface area contributed by atoms with Gasteiger partial charge in [-0.2, -0.15) is 36.4 Å². The number of anilines is 2. The Kier molecular flexibility index (Phi) is 9.22. The number of fused-ring (bicyclic) bond motifs is 4. The summed E-state index contributed by atoms with van der Waals surface area (Å²) in [6, 6.07) is 7.61. The largest absolute Gasteiger partial charge is 0.504 e. The number of hydrogen-bond donors (Lipinski definition) is 1. The lowest BCUT2D eigenvalue weighted by atomic mass is 9.57. The highest BCUT2D eigenvalue weighted by atomic mass is 35.5. The van der Waals surface area contributed by atoms with Crippen LogP contribution in [-0.2, 0) is 31.5 Å². The van der Waals surface area contributed by atoms with Crippen LogP contribution < -0.4 is 14.8 Å². The van der Waals surface area contributed by atoms with E-state index in [0.29, 0.717) is 27.7 Å². The summed E-state index contributed by atoms with van der Waals surface area (Å²) in [5.74, 6) is -11.6. The van der Waals surface area contributed by atoms with E-state index < -0.39 is 94.5 Å². The summed E-state index contributed by atoms with van der Waals surface area (Å²) >= 11 is 12.4. The number of para-hydroxylation sites is 1. The van der Waals surface area contributed by atoms with Gasteiger partial charge in [0.05, 0.1) is 40.8 Å². The van der Waals surface area contributed by atoms with Crippen molar-refractivity contribution in [2.45, 2.75) is 31.1 Å². The van der Waals surface area contributed by atoms with Crippen LogP contribution in [0.4, 0.5) is 38.0 Å². The van der Waals surface area contributed by atoms with E-state index in [1.165, 1.54) is 25.3 Å². The fourth-order valence-electron chi connectivity index (χ4n) is 8.27. The van der Waals surface area contributed by atoms with E-state index in [9.17, 15) is 50.6 Å². The first-order valence-electron chi connectivity index (χ1n) is 16.5. The van der Waals surface area contributed by atoms with Crippen molar-refractivity contribution in [3.8, 4) is 11.5 Å². The van der Waals surface area contributed by atoms with E-state index in [2.05, 4.69) is 9.97 Å². The Morgan fingerprint density at radius 1 is 0.745 bits per heavy atom. The van der Waals surface area contributed by atoms with Crippen molar-refractivity contribution in [1.29, 1.82) is 0 Å². The number of rotatable bonds is 6. The number of carbonyl (C=O) groups excluding carboxylic acids is 4. The van der Waals surface area contributed by atoms with Crippen LogP contribution >= 0.6 is 23.2 Å². The number of allylic oxidation sites excluding steroid dienone is 2. The summed E-state index contributed by atoms with van der Waals surface area (Å²) in [6.45, 7) is 0. The number of phenolic OH excluding ortho intramolecular Hbond substituents is 1. The van der Waals surface area contributed by atoms with Crippen molar-refractivity contribution in [3.05, 3.63) is 81.1 Å². The number of benzene rings is 1. The first-order chi connectivity index (χ1) is 25.8. The number of ether oxygens (including phenoxy) is 1. The Labute approximate surface area is 317 Å². The Hall–Kier alpha value is -5.10. The molecule has 1 saturated carbocycles. The minimum atomic E-state index is -4.89. The van der Waals surface area contributed by atoms with Crippen LogP contribution in [0.2, 0.25) is 10.0 Å². The second kappa shape index (κ2) is 13.3. The quantitative estimate of drug-likeness (QED) is 0.172. The lowest BCUT2D eigenvalue weighted by Crippen LogP contribution is -2.46. The molecular weight excluding hydrogens is 785 g/mol. The molecular formula is C35H28Cl2F6N6O6. The number of hydrogen-bond acceptors (Lipinski definition) is 10. The molecule has 2 saturated heterocycles. The fourth-order valence-corrected chi connectivity index (χ4v) is 8.73. The fraction of sp³-hybridized carbons (Fsp3) is 0.371. The van der Waals surface area contributed by atoms with Crippen LogP contribution in [0.25, 0.3) is 0 Å². The molecule has 55 heavy (non-hydrogen) atoms. The Morgan fingerprint density at radius 3 is 1.76 bits per heavy atom. The van der Waals surface area contributed by atoms with Gasteiger partial charge >= 0.3 is 12.4 Å². The predicted octanol–water partition coefficient (Wildman–Crippen LogP) is 6.27. The zero-order valence-electron chi connectivity index (χ0n) is 28.7. The lowest BCUT2D eigenvalue weighted by Gasteiger charge is -2.44. The molecule has 2 aliphatic carbocycles. The molecule has 20 heteroatoms. The van der Waals surface area contributed by atoms with Gasteiger partial charge in [-0.1, -0.05) is 47.0 Å². The maximum atomic E-state index is 14.4. The highest BCUT2D eigenvalue weighted by Crippen LogP contribution is 2.60. The van der Waals surface area contributed by atoms with Crippen molar-refractivity contribution < 1.29 is 55.4 Å². The van der Waals surface area contributed by atoms with E-state index >= 15 is 0 Å². The van der Waals surface area contributed by atoms with E-state index in [-0.39, 0.29) is 39.9 Å². The number of amides is 4. The normalized spacial score (nSPS) is 25.1. The van der Waals surface area contributed by atoms with Gasteiger partial charge in [0.15, 0.2) is 23.1 Å². The van der Waals surface area contributed by atoms with Crippen molar-refractivity contribution in [2.24, 2.45) is 29.6 Å². The molecule has 4 heterocycles. The maximum Gasteiger partial charge on any atom is 0.433 e. The Bertz CT molecular complexity index is 2190. The molecule has 12 nitrogen and oxygen atoms in total. The van der Waals surface area contributed by atoms with Gasteiger partial charge in [-0.05, 0) is 49.1 Å². The number of nitrogens with zero attached hydrogens (tertiary/aromatic N) is 6. The van der Waals surface area contributed by atoms with Gasteiger partial charge in [0, 0.05) is 25.6 Å². The zero-order valence-corrected chi connectivity index (χ0v) is 30.2. The standard InChI is InChI=1S/C35H28Cl2F6N6O6/c1-46(28-19(36)9-11-22(44-28)34(38,39)40)48-30(51)16-8-7-14-17(25(16)32(48)53)13-18-26(24(14)15-5-4-6-21(55-3)27(15)50)33(54)49(31(18)52)47(2)29-20(37)10-12-23(45-29)35(41,42)43/h4-7,9-12,16-18,24-26,50H,8,13H2,1-3H3. The SMILES string of the molecule is COc1cccc(C2C3=CCC4C(=O)N(N(C)c5nc(C(F)(F)F)ccc5Cl)C(=O)C4C3CC3C(=O)N(N(C)c4nc(C(F)(F)F)ccc4Cl)C(=O)C32)c1O. The molecule has 4 amide bonds. The maximum absolute atomic E-state index is 14.4. The summed E-state index contributed by atoms with van der Waals surface area (Å²) in [5, 5.41) is 13.7. The Morgan fingerprint density at radius 2 is 1.25 bits per heavy atom. The zero-order chi connectivity index (χ0) is 40.0. The number of imide groups is 2. The topological polar surface area (TPSA) is 136 Å². The second-order valence-electron chi connectivity index (χ2n) is 13.4. The third-order valence-corrected chi connectivity index (χ3v) is 11.2. The van der Waals surface area contributed by atoms with Crippen molar-refractivity contribution in [3.63, 3.8) is 0 Å². The summed E-state index contributed by atoms with van der Waals surface area (Å²) in [4.78, 5) is 64.2. The first kappa shape index (κ1) is 38.2. The van der Waals surface area contributed by atoms with E-state index in [1.807, 2.05) is 0 Å². The molecule has 0 spiro atoms. The number of alkyl halides is 6. The number of phenols is 1. The van der Waals surface area contributed by atoms with E-state index in [4.69, 9.17) is 27.9 Å². The summed E-state index contributed by atoms with van der Waals surface area (Å²) in [5.41, 5.74) is -2.10. The molecule has 4 aliphatic rings. The van der Waals surface area contributed by atoms with Crippen molar-refractivity contribution in [1.82, 2.24) is 20.0 Å². The third-order valence-electron chi connectivity index (χ3n) is 10.6. The number of hydrazine groups is 2.